The zero-order chi connectivity index (χ0) is 25.7. The van der Waals surface area contributed by atoms with E-state index in [0.717, 1.165) is 6.42 Å². The Balaban J connectivity index is 0.00000176. The molecule has 0 atom stereocenters. The van der Waals surface area contributed by atoms with Crippen molar-refractivity contribution in [2.75, 3.05) is 0 Å². The molecular weight excluding hydrogens is 595 g/mol. The maximum atomic E-state index is 2.51. The molecule has 3 aliphatic carbocycles. The summed E-state index contributed by atoms with van der Waals surface area (Å²) in [6.07, 6.45) is 10.5. The first-order valence-corrected chi connectivity index (χ1v) is 15.7. The molecule has 39 heavy (non-hydrogen) atoms. The summed E-state index contributed by atoms with van der Waals surface area (Å²) in [5, 5.41) is 2.96. The Hall–Kier alpha value is -2.31. The molecule has 195 valence electrons. The summed E-state index contributed by atoms with van der Waals surface area (Å²) in [5.74, 6) is 0. The van der Waals surface area contributed by atoms with Crippen molar-refractivity contribution in [2.45, 2.75) is 41.0 Å². The second kappa shape index (κ2) is 11.7. The fourth-order valence-electron chi connectivity index (χ4n) is 6.20. The van der Waals surface area contributed by atoms with E-state index in [1.807, 2.05) is 0 Å². The number of rotatable bonds is 4. The van der Waals surface area contributed by atoms with Crippen LogP contribution in [0.25, 0.3) is 8.85 Å². The van der Waals surface area contributed by atoms with Crippen LogP contribution < -0.4 is 35.3 Å². The van der Waals surface area contributed by atoms with Gasteiger partial charge in [-0.2, -0.15) is 0 Å². The molecule has 0 aromatic heterocycles. The minimum absolute atomic E-state index is 0. The van der Waals surface area contributed by atoms with Gasteiger partial charge in [-0.25, -0.2) is 0 Å². The molecule has 0 heterocycles. The number of hydrogen-bond acceptors (Lipinski definition) is 0. The molecule has 0 nitrogen and oxygen atoms in total. The molecule has 0 fully saturated rings. The van der Waals surface area contributed by atoms with E-state index in [9.17, 15) is 0 Å². The van der Waals surface area contributed by atoms with Crippen LogP contribution >= 0.6 is 0 Å². The largest absolute Gasteiger partial charge is 1.00 e. The summed E-state index contributed by atoms with van der Waals surface area (Å²) in [6.45, 7) is 11.8. The van der Waals surface area contributed by atoms with Gasteiger partial charge >= 0.3 is 233 Å². The normalized spacial score (nSPS) is 16.4. The summed E-state index contributed by atoms with van der Waals surface area (Å²) in [5.41, 5.74) is 13.0. The predicted molar refractivity (Wildman–Crippen MR) is 154 cm³/mol. The smallest absolute Gasteiger partial charge is 1.00 e. The maximum absolute atomic E-state index is 2.51. The minimum Gasteiger partial charge on any atom is -1.00 e. The average Bonchev–Trinajstić information content (AvgIpc) is 3.51. The van der Waals surface area contributed by atoms with Crippen molar-refractivity contribution in [3.63, 3.8) is 0 Å². The van der Waals surface area contributed by atoms with Gasteiger partial charge in [-0.3, -0.25) is 0 Å². The summed E-state index contributed by atoms with van der Waals surface area (Å²) < 4.78 is 3.20. The first-order valence-electron chi connectivity index (χ1n) is 13.3. The molecule has 3 aromatic carbocycles. The van der Waals surface area contributed by atoms with E-state index in [4.69, 9.17) is 0 Å². The minimum atomic E-state index is -1.24. The Morgan fingerprint density at radius 2 is 1.44 bits per heavy atom. The van der Waals surface area contributed by atoms with Crippen LogP contribution in [-0.4, -0.2) is 3.21 Å². The summed E-state index contributed by atoms with van der Waals surface area (Å²) in [7, 11) is 0. The third kappa shape index (κ3) is 5.15. The van der Waals surface area contributed by atoms with Gasteiger partial charge in [-0.15, -0.1) is 0 Å². The number of fused-ring (bicyclic) bond motifs is 2. The SMILES string of the molecule is CC1=CC2=c3c(C)cc(C)cc3=[C]([Zr+2]=[C](c3ccccc3)c3ccccc3)C2=C(C2=CC=CC2)C1(C)C.[Cl-].[Cl-]. The third-order valence-corrected chi connectivity index (χ3v) is 12.2. The van der Waals surface area contributed by atoms with Crippen molar-refractivity contribution >= 4 is 12.1 Å². The standard InChI is InChI=1S/C23H23.C13H10.2ClH.Zr/c1-14-10-15(2)21-18(11-14)13-20-19(21)12-16(3)23(4,5)22(20)17-8-6-7-9-17;1-3-7-12(8-4-1)11-13-9-5-2-6-10-13;;;/h6-8,10-12H,9H2,1-5H3;1-10H;2*1H;/q;;;;+2/p-2. The van der Waals surface area contributed by atoms with Gasteiger partial charge < -0.3 is 24.8 Å². The Kier molecular flexibility index (Phi) is 8.87. The topological polar surface area (TPSA) is 0 Å². The van der Waals surface area contributed by atoms with Crippen molar-refractivity contribution in [2.24, 2.45) is 5.41 Å². The molecule has 0 N–H and O–H groups in total. The molecule has 3 aromatic rings. The molecule has 6 rings (SSSR count). The van der Waals surface area contributed by atoms with Gasteiger partial charge in [0.15, 0.2) is 0 Å². The number of benzene rings is 3. The van der Waals surface area contributed by atoms with E-state index in [-0.39, 0.29) is 30.2 Å². The van der Waals surface area contributed by atoms with Gasteiger partial charge in [0.05, 0.1) is 0 Å². The zero-order valence-electron chi connectivity index (χ0n) is 23.2. The zero-order valence-corrected chi connectivity index (χ0v) is 27.2. The monoisotopic (exact) mass is 625 g/mol. The van der Waals surface area contributed by atoms with E-state index in [1.165, 1.54) is 49.4 Å². The molecule has 3 heteroatoms. The first-order chi connectivity index (χ1) is 17.9. The van der Waals surface area contributed by atoms with Crippen LogP contribution in [0.1, 0.15) is 49.4 Å². The van der Waals surface area contributed by atoms with Gasteiger partial charge in [-0.05, 0) is 0 Å². The number of allylic oxidation sites excluding steroid dienone is 8. The Morgan fingerprint density at radius 3 is 2.00 bits per heavy atom. The molecule has 0 saturated carbocycles. The van der Waals surface area contributed by atoms with Crippen LogP contribution in [0.5, 0.6) is 0 Å². The van der Waals surface area contributed by atoms with E-state index in [2.05, 4.69) is 132 Å². The molecule has 3 aliphatic rings. The fraction of sp³-hybridized carbons (Fsp3) is 0.194. The van der Waals surface area contributed by atoms with E-state index >= 15 is 0 Å². The molecule has 0 amide bonds. The van der Waals surface area contributed by atoms with E-state index in [0.29, 0.717) is 0 Å². The second-order valence-electron chi connectivity index (χ2n) is 11.1. The van der Waals surface area contributed by atoms with Crippen LogP contribution in [0.2, 0.25) is 0 Å². The van der Waals surface area contributed by atoms with Crippen molar-refractivity contribution < 1.29 is 47.6 Å². The molecule has 0 aliphatic heterocycles. The number of aryl methyl sites for hydroxylation is 2. The van der Waals surface area contributed by atoms with Crippen LogP contribution in [0, 0.1) is 19.3 Å². The Labute approximate surface area is 256 Å². The summed E-state index contributed by atoms with van der Waals surface area (Å²) in [4.78, 5) is 0. The third-order valence-electron chi connectivity index (χ3n) is 8.23. The van der Waals surface area contributed by atoms with Gasteiger partial charge in [-0.1, -0.05) is 0 Å². The summed E-state index contributed by atoms with van der Waals surface area (Å²) >= 11 is -1.24. The van der Waals surface area contributed by atoms with Gasteiger partial charge in [0.25, 0.3) is 0 Å². The van der Waals surface area contributed by atoms with Crippen molar-refractivity contribution in [3.8, 4) is 0 Å². The molecule has 0 unspecified atom stereocenters. The van der Waals surface area contributed by atoms with Crippen molar-refractivity contribution in [1.82, 2.24) is 0 Å². The van der Waals surface area contributed by atoms with Crippen LogP contribution in [0.3, 0.4) is 0 Å². The molecule has 0 radical (unpaired) electrons. The van der Waals surface area contributed by atoms with Crippen LogP contribution in [0.15, 0.2) is 119 Å². The van der Waals surface area contributed by atoms with Crippen molar-refractivity contribution in [3.05, 3.63) is 152 Å². The van der Waals surface area contributed by atoms with E-state index in [1.54, 1.807) is 17.6 Å². The Bertz CT molecular complexity index is 1670. The molecular formula is C36H33Cl2Zr. The van der Waals surface area contributed by atoms with Gasteiger partial charge in [0, 0.05) is 0 Å². The molecule has 0 bridgehead atoms. The maximum Gasteiger partial charge on any atom is -1.00 e. The predicted octanol–water partition coefficient (Wildman–Crippen LogP) is 1.10. The van der Waals surface area contributed by atoms with Crippen LogP contribution in [-0.2, 0) is 22.8 Å². The van der Waals surface area contributed by atoms with Crippen LogP contribution in [0.4, 0.5) is 0 Å². The number of hydrogen-bond donors (Lipinski definition) is 0. The average molecular weight is 628 g/mol. The van der Waals surface area contributed by atoms with Gasteiger partial charge in [0.1, 0.15) is 0 Å². The Morgan fingerprint density at radius 1 is 0.821 bits per heavy atom. The molecule has 0 spiro atoms. The first kappa shape index (κ1) is 29.7. The fourth-order valence-corrected chi connectivity index (χ4v) is 10.1. The quantitative estimate of drug-likeness (QED) is 0.407. The summed E-state index contributed by atoms with van der Waals surface area (Å²) in [6, 6.07) is 27.1. The van der Waals surface area contributed by atoms with Gasteiger partial charge in [0.2, 0.25) is 0 Å². The van der Waals surface area contributed by atoms with Crippen molar-refractivity contribution in [1.29, 1.82) is 0 Å². The second-order valence-corrected chi connectivity index (χ2v) is 14.1. The van der Waals surface area contributed by atoms with E-state index < -0.39 is 22.8 Å². The molecule has 0 saturated heterocycles. The number of halogens is 2.